The molecule has 0 saturated carbocycles. The maximum absolute atomic E-state index is 13.7. The summed E-state index contributed by atoms with van der Waals surface area (Å²) in [5.74, 6) is -0.755. The number of anilines is 1. The number of nitrogens with one attached hydrogen (secondary N) is 2. The van der Waals surface area contributed by atoms with E-state index in [-0.39, 0.29) is 11.2 Å². The van der Waals surface area contributed by atoms with Gasteiger partial charge in [-0.2, -0.15) is 8.42 Å². The summed E-state index contributed by atoms with van der Waals surface area (Å²) in [7, 11) is -4.10. The lowest BCUT2D eigenvalue weighted by Gasteiger charge is -2.10. The fourth-order valence-electron chi connectivity index (χ4n) is 2.23. The summed E-state index contributed by atoms with van der Waals surface area (Å²) < 4.78 is 37.9. The van der Waals surface area contributed by atoms with Crippen molar-refractivity contribution in [3.8, 4) is 11.1 Å². The molecule has 0 spiro atoms. The minimum absolute atomic E-state index is 0.264. The van der Waals surface area contributed by atoms with Crippen LogP contribution in [-0.4, -0.2) is 18.4 Å². The van der Waals surface area contributed by atoms with Crippen molar-refractivity contribution in [2.45, 2.75) is 0 Å². The largest absolute Gasteiger partial charge is 0.307 e. The summed E-state index contributed by atoms with van der Waals surface area (Å²) in [6, 6.07) is 8.55. The molecule has 3 rings (SSSR count). The van der Waals surface area contributed by atoms with E-state index in [4.69, 9.17) is 5.14 Å². The van der Waals surface area contributed by atoms with Gasteiger partial charge in [-0.3, -0.25) is 9.52 Å². The molecule has 3 aromatic rings. The van der Waals surface area contributed by atoms with Gasteiger partial charge in [-0.15, -0.1) is 0 Å². The van der Waals surface area contributed by atoms with E-state index in [0.717, 1.165) is 6.07 Å². The number of aromatic nitrogens is 2. The molecule has 0 aliphatic rings. The van der Waals surface area contributed by atoms with Crippen LogP contribution in [0.1, 0.15) is 0 Å². The van der Waals surface area contributed by atoms with Crippen molar-refractivity contribution in [1.29, 1.82) is 0 Å². The summed E-state index contributed by atoms with van der Waals surface area (Å²) in [5, 5.41) is 5.52. The Labute approximate surface area is 130 Å². The molecule has 1 aromatic carbocycles. The standard InChI is InChI=1S/C14H11FN4O3S/c15-11-3-1-8(7-12(11)19-23(16,21)22)9-5-6-17-14-10(9)2-4-13(20)18-14/h1-7,19H,(H2,16,21,22)(H,17,18,20). The zero-order chi connectivity index (χ0) is 16.6. The van der Waals surface area contributed by atoms with Gasteiger partial charge in [0, 0.05) is 17.6 Å². The van der Waals surface area contributed by atoms with Crippen molar-refractivity contribution >= 4 is 26.9 Å². The van der Waals surface area contributed by atoms with Crippen molar-refractivity contribution in [2.75, 3.05) is 4.72 Å². The first-order valence-corrected chi connectivity index (χ1v) is 7.97. The molecule has 0 fully saturated rings. The fourth-order valence-corrected chi connectivity index (χ4v) is 2.70. The van der Waals surface area contributed by atoms with Crippen molar-refractivity contribution in [3.63, 3.8) is 0 Å². The van der Waals surface area contributed by atoms with E-state index >= 15 is 0 Å². The van der Waals surface area contributed by atoms with Crippen LogP contribution in [-0.2, 0) is 10.2 Å². The number of aromatic amines is 1. The number of rotatable bonds is 3. The highest BCUT2D eigenvalue weighted by Crippen LogP contribution is 2.29. The third-order valence-corrected chi connectivity index (χ3v) is 3.67. The highest BCUT2D eigenvalue weighted by Gasteiger charge is 2.11. The molecule has 0 aliphatic carbocycles. The molecular formula is C14H11FN4O3S. The zero-order valence-corrected chi connectivity index (χ0v) is 12.4. The number of hydrogen-bond donors (Lipinski definition) is 3. The molecule has 4 N–H and O–H groups in total. The molecule has 0 radical (unpaired) electrons. The van der Waals surface area contributed by atoms with Gasteiger partial charge in [-0.25, -0.2) is 14.5 Å². The van der Waals surface area contributed by atoms with Gasteiger partial charge >= 0.3 is 0 Å². The molecule has 0 saturated heterocycles. The summed E-state index contributed by atoms with van der Waals surface area (Å²) in [6.45, 7) is 0. The Bertz CT molecular complexity index is 1060. The number of fused-ring (bicyclic) bond motifs is 1. The zero-order valence-electron chi connectivity index (χ0n) is 11.6. The SMILES string of the molecule is NS(=O)(=O)Nc1cc(-c2ccnc3[nH]c(=O)ccc23)ccc1F. The molecule has 0 unspecified atom stereocenters. The molecule has 2 heterocycles. The molecule has 118 valence electrons. The minimum atomic E-state index is -4.10. The molecule has 23 heavy (non-hydrogen) atoms. The molecule has 0 bridgehead atoms. The number of pyridine rings is 2. The van der Waals surface area contributed by atoms with Crippen LogP contribution in [0.2, 0.25) is 0 Å². The van der Waals surface area contributed by atoms with Gasteiger partial charge < -0.3 is 4.98 Å². The van der Waals surface area contributed by atoms with Crippen molar-refractivity contribution in [1.82, 2.24) is 9.97 Å². The average Bonchev–Trinajstić information content (AvgIpc) is 2.47. The van der Waals surface area contributed by atoms with E-state index in [1.807, 2.05) is 4.72 Å². The number of nitrogens with zero attached hydrogens (tertiary/aromatic N) is 1. The summed E-state index contributed by atoms with van der Waals surface area (Å²) in [5.41, 5.74) is 1.01. The lowest BCUT2D eigenvalue weighted by Crippen LogP contribution is -2.22. The van der Waals surface area contributed by atoms with Gasteiger partial charge in [-0.05, 0) is 35.4 Å². The van der Waals surface area contributed by atoms with Crippen LogP contribution in [0.15, 0.2) is 47.4 Å². The third kappa shape index (κ3) is 3.20. The topological polar surface area (TPSA) is 118 Å². The van der Waals surface area contributed by atoms with Gasteiger partial charge in [0.25, 0.3) is 10.2 Å². The monoisotopic (exact) mass is 334 g/mol. The summed E-state index contributed by atoms with van der Waals surface area (Å²) >= 11 is 0. The number of nitrogens with two attached hydrogens (primary N) is 1. The molecule has 2 aromatic heterocycles. The van der Waals surface area contributed by atoms with Crippen LogP contribution >= 0.6 is 0 Å². The van der Waals surface area contributed by atoms with Crippen molar-refractivity contribution < 1.29 is 12.8 Å². The second-order valence-corrected chi connectivity index (χ2v) is 6.08. The van der Waals surface area contributed by atoms with Crippen molar-refractivity contribution in [2.24, 2.45) is 5.14 Å². The molecule has 0 amide bonds. The molecular weight excluding hydrogens is 323 g/mol. The van der Waals surface area contributed by atoms with Crippen LogP contribution in [0.4, 0.5) is 10.1 Å². The lowest BCUT2D eigenvalue weighted by molar-refractivity contribution is 0.600. The van der Waals surface area contributed by atoms with E-state index in [2.05, 4.69) is 9.97 Å². The maximum Gasteiger partial charge on any atom is 0.296 e. The van der Waals surface area contributed by atoms with E-state index in [0.29, 0.717) is 22.2 Å². The molecule has 9 heteroatoms. The van der Waals surface area contributed by atoms with Crippen LogP contribution in [0.3, 0.4) is 0 Å². The molecule has 7 nitrogen and oxygen atoms in total. The molecule has 0 aliphatic heterocycles. The Morgan fingerprint density at radius 1 is 1.17 bits per heavy atom. The predicted molar refractivity (Wildman–Crippen MR) is 84.5 cm³/mol. The highest BCUT2D eigenvalue weighted by atomic mass is 32.2. The van der Waals surface area contributed by atoms with Gasteiger partial charge in [-0.1, -0.05) is 6.07 Å². The van der Waals surface area contributed by atoms with Gasteiger partial charge in [0.05, 0.1) is 5.69 Å². The van der Waals surface area contributed by atoms with Crippen LogP contribution in [0.5, 0.6) is 0 Å². The minimum Gasteiger partial charge on any atom is -0.307 e. The predicted octanol–water partition coefficient (Wildman–Crippen LogP) is 1.34. The van der Waals surface area contributed by atoms with Crippen LogP contribution in [0, 0.1) is 5.82 Å². The Hall–Kier alpha value is -2.78. The van der Waals surface area contributed by atoms with E-state index in [1.165, 1.54) is 24.4 Å². The number of benzene rings is 1. The van der Waals surface area contributed by atoms with Crippen molar-refractivity contribution in [3.05, 3.63) is 58.8 Å². The van der Waals surface area contributed by atoms with Gasteiger partial charge in [0.15, 0.2) is 0 Å². The molecule has 0 atom stereocenters. The third-order valence-electron chi connectivity index (χ3n) is 3.16. The second-order valence-electron chi connectivity index (χ2n) is 4.79. The number of halogens is 1. The first-order chi connectivity index (χ1) is 10.8. The lowest BCUT2D eigenvalue weighted by atomic mass is 10.0. The number of hydrogen-bond acceptors (Lipinski definition) is 4. The maximum atomic E-state index is 13.7. The Morgan fingerprint density at radius 3 is 2.70 bits per heavy atom. The van der Waals surface area contributed by atoms with E-state index < -0.39 is 16.0 Å². The van der Waals surface area contributed by atoms with Gasteiger partial charge in [0.2, 0.25) is 5.56 Å². The summed E-state index contributed by atoms with van der Waals surface area (Å²) in [4.78, 5) is 18.0. The second kappa shape index (κ2) is 5.45. The Balaban J connectivity index is 2.20. The Kier molecular flexibility index (Phi) is 3.58. The number of H-pyrrole nitrogens is 1. The van der Waals surface area contributed by atoms with Gasteiger partial charge in [0.1, 0.15) is 11.5 Å². The first kappa shape index (κ1) is 15.1. The fraction of sp³-hybridized carbons (Fsp3) is 0. The highest BCUT2D eigenvalue weighted by molar-refractivity contribution is 7.90. The quantitative estimate of drug-likeness (QED) is 0.670. The van der Waals surface area contributed by atoms with Crippen LogP contribution < -0.4 is 15.4 Å². The first-order valence-electron chi connectivity index (χ1n) is 6.42. The smallest absolute Gasteiger partial charge is 0.296 e. The Morgan fingerprint density at radius 2 is 1.96 bits per heavy atom. The summed E-state index contributed by atoms with van der Waals surface area (Å²) in [6.07, 6.45) is 1.49. The average molecular weight is 334 g/mol. The van der Waals surface area contributed by atoms with Crippen LogP contribution in [0.25, 0.3) is 22.2 Å². The van der Waals surface area contributed by atoms with E-state index in [9.17, 15) is 17.6 Å². The van der Waals surface area contributed by atoms with E-state index in [1.54, 1.807) is 12.1 Å². The normalized spacial score (nSPS) is 11.6.